The Balaban J connectivity index is 0.925. The molecule has 0 aliphatic carbocycles. The molecule has 2 fully saturated rings. The van der Waals surface area contributed by atoms with Crippen LogP contribution < -0.4 is 5.32 Å². The zero-order valence-electron chi connectivity index (χ0n) is 24.8. The number of fused-ring (bicyclic) bond motifs is 1. The molecule has 1 amide bonds. The van der Waals surface area contributed by atoms with Crippen molar-refractivity contribution in [3.8, 4) is 17.2 Å². The van der Waals surface area contributed by atoms with Gasteiger partial charge < -0.3 is 24.8 Å². The second-order valence-electron chi connectivity index (χ2n) is 12.0. The van der Waals surface area contributed by atoms with E-state index in [0.29, 0.717) is 23.6 Å². The Morgan fingerprint density at radius 3 is 2.05 bits per heavy atom. The topological polar surface area (TPSA) is 84.5 Å². The van der Waals surface area contributed by atoms with Crippen molar-refractivity contribution in [1.82, 2.24) is 19.7 Å². The van der Waals surface area contributed by atoms with Gasteiger partial charge in [0.05, 0.1) is 18.2 Å². The Labute approximate surface area is 254 Å². The van der Waals surface area contributed by atoms with Crippen LogP contribution in [0, 0.1) is 11.3 Å². The maximum Gasteiger partial charge on any atom is 0.251 e. The fraction of sp³-hybridized carbons (Fsp3) is 0.389. The number of benzene rings is 3. The summed E-state index contributed by atoms with van der Waals surface area (Å²) < 4.78 is 2.21. The lowest BCUT2D eigenvalue weighted by Gasteiger charge is -2.36. The fourth-order valence-corrected chi connectivity index (χ4v) is 6.76. The smallest absolute Gasteiger partial charge is 0.251 e. The fourth-order valence-electron chi connectivity index (χ4n) is 6.76. The molecular formula is C36H41N5O2. The van der Waals surface area contributed by atoms with Crippen molar-refractivity contribution in [2.45, 2.75) is 44.2 Å². The van der Waals surface area contributed by atoms with E-state index >= 15 is 0 Å². The van der Waals surface area contributed by atoms with Gasteiger partial charge in [-0.2, -0.15) is 5.26 Å². The van der Waals surface area contributed by atoms with Crippen molar-refractivity contribution >= 4 is 16.8 Å². The number of nitrogens with one attached hydrogen (secondary N) is 1. The average molecular weight is 576 g/mol. The van der Waals surface area contributed by atoms with Gasteiger partial charge in [0.15, 0.2) is 0 Å². The predicted molar refractivity (Wildman–Crippen MR) is 171 cm³/mol. The highest BCUT2D eigenvalue weighted by Gasteiger charge is 2.25. The first-order chi connectivity index (χ1) is 21.1. The van der Waals surface area contributed by atoms with Crippen LogP contribution in [-0.4, -0.2) is 77.3 Å². The Kier molecular flexibility index (Phi) is 9.18. The number of nitrogens with zero attached hydrogens (tertiary/aromatic N) is 4. The summed E-state index contributed by atoms with van der Waals surface area (Å²) >= 11 is 0. The highest BCUT2D eigenvalue weighted by atomic mass is 16.3. The van der Waals surface area contributed by atoms with E-state index in [2.05, 4.69) is 56.2 Å². The summed E-state index contributed by atoms with van der Waals surface area (Å²) in [5.74, 6) is 0.569. The predicted octanol–water partition coefficient (Wildman–Crippen LogP) is 5.25. The third-order valence-corrected chi connectivity index (χ3v) is 9.34. The van der Waals surface area contributed by atoms with Gasteiger partial charge in [0.25, 0.3) is 5.91 Å². The molecule has 0 spiro atoms. The zero-order valence-corrected chi connectivity index (χ0v) is 24.8. The summed E-state index contributed by atoms with van der Waals surface area (Å²) in [5, 5.41) is 23.1. The lowest BCUT2D eigenvalue weighted by molar-refractivity contribution is 0.0904. The maximum absolute atomic E-state index is 12.9. The minimum atomic E-state index is -0.00724. The van der Waals surface area contributed by atoms with Crippen molar-refractivity contribution in [3.05, 3.63) is 95.7 Å². The highest BCUT2D eigenvalue weighted by molar-refractivity contribution is 5.95. The molecule has 0 atom stereocenters. The van der Waals surface area contributed by atoms with Crippen LogP contribution in [0.5, 0.6) is 0 Å². The molecule has 1 aromatic heterocycles. The molecule has 43 heavy (non-hydrogen) atoms. The van der Waals surface area contributed by atoms with E-state index in [4.69, 9.17) is 5.26 Å². The van der Waals surface area contributed by atoms with Crippen molar-refractivity contribution in [3.63, 3.8) is 0 Å². The second-order valence-corrected chi connectivity index (χ2v) is 12.0. The molecule has 3 heterocycles. The van der Waals surface area contributed by atoms with Gasteiger partial charge in [-0.1, -0.05) is 42.5 Å². The van der Waals surface area contributed by atoms with Crippen molar-refractivity contribution in [2.75, 3.05) is 45.9 Å². The largest absolute Gasteiger partial charge is 0.395 e. The third kappa shape index (κ3) is 6.83. The van der Waals surface area contributed by atoms with Gasteiger partial charge in [-0.05, 0) is 91.7 Å². The first-order valence-corrected chi connectivity index (χ1v) is 15.7. The lowest BCUT2D eigenvalue weighted by Crippen LogP contribution is -2.47. The Morgan fingerprint density at radius 1 is 0.814 bits per heavy atom. The van der Waals surface area contributed by atoms with Gasteiger partial charge in [-0.25, -0.2) is 0 Å². The molecule has 7 nitrogen and oxygen atoms in total. The summed E-state index contributed by atoms with van der Waals surface area (Å²) in [7, 11) is 0. The third-order valence-electron chi connectivity index (χ3n) is 9.34. The minimum absolute atomic E-state index is 0.00724. The molecule has 4 aromatic rings. The van der Waals surface area contributed by atoms with E-state index in [0.717, 1.165) is 63.2 Å². The monoisotopic (exact) mass is 575 g/mol. The molecule has 0 bridgehead atoms. The lowest BCUT2D eigenvalue weighted by atomic mass is 9.89. The van der Waals surface area contributed by atoms with E-state index in [9.17, 15) is 9.90 Å². The number of piperidine rings is 2. The summed E-state index contributed by atoms with van der Waals surface area (Å²) in [6, 6.07) is 26.2. The number of amides is 1. The van der Waals surface area contributed by atoms with E-state index in [-0.39, 0.29) is 18.6 Å². The number of nitriles is 1. The zero-order chi connectivity index (χ0) is 29.6. The van der Waals surface area contributed by atoms with Crippen LogP contribution >= 0.6 is 0 Å². The number of rotatable bonds is 9. The normalized spacial score (nSPS) is 17.2. The number of aromatic nitrogens is 1. The quantitative estimate of drug-likeness (QED) is 0.285. The first-order valence-electron chi connectivity index (χ1n) is 15.7. The van der Waals surface area contributed by atoms with E-state index in [1.807, 2.05) is 48.5 Å². The molecule has 0 radical (unpaired) electrons. The molecule has 2 saturated heterocycles. The number of aliphatic hydroxyl groups is 1. The number of hydrogen-bond acceptors (Lipinski definition) is 5. The molecule has 2 aliphatic rings. The molecule has 3 aromatic carbocycles. The Hall–Kier alpha value is -3.96. The van der Waals surface area contributed by atoms with Crippen molar-refractivity contribution in [2.24, 2.45) is 0 Å². The summed E-state index contributed by atoms with van der Waals surface area (Å²) in [6.07, 6.45) is 6.59. The minimum Gasteiger partial charge on any atom is -0.395 e. The average Bonchev–Trinajstić information content (AvgIpc) is 3.43. The van der Waals surface area contributed by atoms with Gasteiger partial charge in [0.2, 0.25) is 0 Å². The summed E-state index contributed by atoms with van der Waals surface area (Å²) in [6.45, 7) is 7.28. The summed E-state index contributed by atoms with van der Waals surface area (Å²) in [5.41, 5.74) is 6.05. The van der Waals surface area contributed by atoms with Crippen LogP contribution in [0.4, 0.5) is 0 Å². The van der Waals surface area contributed by atoms with Crippen molar-refractivity contribution in [1.29, 1.82) is 5.26 Å². The molecule has 7 heteroatoms. The standard InChI is InChI=1S/C36H41N5O2/c37-25-27-5-7-28(8-6-27)29-9-11-31(12-10-29)36(43)38-32-15-19-40(20-16-32)22-21-39-17-13-30(14-18-39)34-26-41(23-24-42)35-4-2-1-3-33(34)35/h1-12,26,30,32,42H,13-24H2,(H,38,43). The van der Waals surface area contributed by atoms with Gasteiger partial charge >= 0.3 is 0 Å². The molecule has 0 saturated carbocycles. The number of carbonyl (C=O) groups is 1. The van der Waals surface area contributed by atoms with Crippen LogP contribution in [0.1, 0.15) is 53.1 Å². The molecular weight excluding hydrogens is 534 g/mol. The molecule has 6 rings (SSSR count). The van der Waals surface area contributed by atoms with Crippen LogP contribution in [0.15, 0.2) is 79.0 Å². The summed E-state index contributed by atoms with van der Waals surface area (Å²) in [4.78, 5) is 18.1. The SMILES string of the molecule is N#Cc1ccc(-c2ccc(C(=O)NC3CCN(CCN4CCC(c5cn(CCO)c6ccccc56)CC4)CC3)cc2)cc1. The number of para-hydroxylation sites is 1. The number of carbonyl (C=O) groups excluding carboxylic acids is 1. The molecule has 222 valence electrons. The number of hydrogen-bond donors (Lipinski definition) is 2. The first kappa shape index (κ1) is 29.1. The Bertz CT molecular complexity index is 1550. The number of likely N-dealkylation sites (tertiary alicyclic amines) is 2. The molecule has 0 unspecified atom stereocenters. The van der Waals surface area contributed by atoms with Gasteiger partial charge in [-0.15, -0.1) is 0 Å². The Morgan fingerprint density at radius 2 is 1.42 bits per heavy atom. The number of aliphatic hydroxyl groups excluding tert-OH is 1. The van der Waals surface area contributed by atoms with Gasteiger partial charge in [0, 0.05) is 61.4 Å². The van der Waals surface area contributed by atoms with E-state index in [1.54, 1.807) is 0 Å². The van der Waals surface area contributed by atoms with Crippen LogP contribution in [0.2, 0.25) is 0 Å². The van der Waals surface area contributed by atoms with Gasteiger partial charge in [0.1, 0.15) is 0 Å². The second kappa shape index (κ2) is 13.6. The van der Waals surface area contributed by atoms with Crippen LogP contribution in [0.25, 0.3) is 22.0 Å². The van der Waals surface area contributed by atoms with Crippen LogP contribution in [0.3, 0.4) is 0 Å². The molecule has 2 aliphatic heterocycles. The van der Waals surface area contributed by atoms with E-state index < -0.39 is 0 Å². The maximum atomic E-state index is 12.9. The molecule has 2 N–H and O–H groups in total. The van der Waals surface area contributed by atoms with Gasteiger partial charge in [-0.3, -0.25) is 4.79 Å². The van der Waals surface area contributed by atoms with Crippen LogP contribution in [-0.2, 0) is 6.54 Å². The van der Waals surface area contributed by atoms with Crippen molar-refractivity contribution < 1.29 is 9.90 Å². The highest BCUT2D eigenvalue weighted by Crippen LogP contribution is 2.34. The van der Waals surface area contributed by atoms with E-state index in [1.165, 1.54) is 29.3 Å².